The van der Waals surface area contributed by atoms with Gasteiger partial charge in [0.05, 0.1) is 6.04 Å². The van der Waals surface area contributed by atoms with E-state index in [9.17, 15) is 9.18 Å². The fourth-order valence-electron chi connectivity index (χ4n) is 3.65. The molecule has 4 rings (SSSR count). The molecule has 25 heavy (non-hydrogen) atoms. The first kappa shape index (κ1) is 16.0. The highest BCUT2D eigenvalue weighted by Crippen LogP contribution is 2.27. The average molecular weight is 342 g/mol. The first-order valence-electron chi connectivity index (χ1n) is 8.90. The van der Waals surface area contributed by atoms with Crippen molar-refractivity contribution in [3.05, 3.63) is 59.4 Å². The highest BCUT2D eigenvalue weighted by Gasteiger charge is 2.31. The number of nitrogens with one attached hydrogen (secondary N) is 2. The molecule has 3 aliphatic heterocycles. The van der Waals surface area contributed by atoms with Gasteiger partial charge in [0.2, 0.25) is 5.91 Å². The lowest BCUT2D eigenvalue weighted by molar-refractivity contribution is -0.118. The lowest BCUT2D eigenvalue weighted by Gasteiger charge is -2.44. The van der Waals surface area contributed by atoms with E-state index >= 15 is 0 Å². The monoisotopic (exact) mass is 342 g/mol. The number of fused-ring (bicyclic) bond motifs is 2. The topological polar surface area (TPSA) is 47.6 Å². The first-order valence-corrected chi connectivity index (χ1v) is 8.90. The minimum atomic E-state index is -0.264. The molecule has 0 aromatic heterocycles. The van der Waals surface area contributed by atoms with Gasteiger partial charge in [-0.1, -0.05) is 12.1 Å². The van der Waals surface area contributed by atoms with E-state index in [0.717, 1.165) is 49.4 Å². The minimum absolute atomic E-state index is 0.0415. The zero-order valence-electron chi connectivity index (χ0n) is 14.2. The maximum Gasteiger partial charge on any atom is 0.248 e. The van der Waals surface area contributed by atoms with E-state index in [1.165, 1.54) is 18.6 Å². The minimum Gasteiger partial charge on any atom is -0.370 e. The fraction of sp³-hybridized carbons (Fsp3) is 0.421. The molecule has 1 saturated heterocycles. The van der Waals surface area contributed by atoms with E-state index in [2.05, 4.69) is 26.6 Å². The maximum absolute atomic E-state index is 12.9. The van der Waals surface area contributed by atoms with Crippen LogP contribution in [0.4, 0.5) is 4.39 Å². The lowest BCUT2D eigenvalue weighted by Crippen LogP contribution is -2.51. The van der Waals surface area contributed by atoms with E-state index in [4.69, 9.17) is 0 Å². The van der Waals surface area contributed by atoms with Gasteiger partial charge < -0.3 is 20.4 Å². The lowest BCUT2D eigenvalue weighted by atomic mass is 9.98. The molecule has 2 N–H and O–H groups in total. The summed E-state index contributed by atoms with van der Waals surface area (Å²) >= 11 is 0. The number of benzene rings is 1. The molecule has 1 fully saturated rings. The Labute approximate surface area is 147 Å². The Hall–Kier alpha value is -2.50. The van der Waals surface area contributed by atoms with Crippen LogP contribution >= 0.6 is 0 Å². The molecule has 6 heteroatoms. The van der Waals surface area contributed by atoms with Gasteiger partial charge in [0.1, 0.15) is 11.6 Å². The molecule has 5 nitrogen and oxygen atoms in total. The predicted molar refractivity (Wildman–Crippen MR) is 93.5 cm³/mol. The van der Waals surface area contributed by atoms with Crippen LogP contribution in [0, 0.1) is 5.82 Å². The van der Waals surface area contributed by atoms with Crippen LogP contribution < -0.4 is 10.6 Å². The number of amides is 1. The second-order valence-corrected chi connectivity index (χ2v) is 6.84. The molecule has 3 aliphatic rings. The largest absolute Gasteiger partial charge is 0.370 e. The molecule has 1 atom stereocenters. The Bertz CT molecular complexity index is 713. The first-order chi connectivity index (χ1) is 12.2. The van der Waals surface area contributed by atoms with E-state index in [1.54, 1.807) is 12.1 Å². The van der Waals surface area contributed by atoms with Gasteiger partial charge in [0, 0.05) is 44.2 Å². The molecule has 1 aromatic carbocycles. The average Bonchev–Trinajstić information content (AvgIpc) is 2.65. The van der Waals surface area contributed by atoms with Crippen LogP contribution in [0.2, 0.25) is 0 Å². The van der Waals surface area contributed by atoms with Gasteiger partial charge in [-0.05, 0) is 37.0 Å². The maximum atomic E-state index is 12.9. The number of nitrogens with zero attached hydrogens (tertiary/aromatic N) is 2. The van der Waals surface area contributed by atoms with Crippen LogP contribution in [-0.4, -0.2) is 41.4 Å². The summed E-state index contributed by atoms with van der Waals surface area (Å²) in [5.41, 5.74) is 1.70. The summed E-state index contributed by atoms with van der Waals surface area (Å²) in [6, 6.07) is 6.65. The summed E-state index contributed by atoms with van der Waals surface area (Å²) in [6.07, 6.45) is 7.06. The van der Waals surface area contributed by atoms with Crippen molar-refractivity contribution in [2.75, 3.05) is 19.6 Å². The Morgan fingerprint density at radius 1 is 1.28 bits per heavy atom. The second-order valence-electron chi connectivity index (χ2n) is 6.84. The summed E-state index contributed by atoms with van der Waals surface area (Å²) < 4.78 is 12.9. The van der Waals surface area contributed by atoms with Gasteiger partial charge in [-0.2, -0.15) is 0 Å². The van der Waals surface area contributed by atoms with Gasteiger partial charge >= 0.3 is 0 Å². The third kappa shape index (κ3) is 3.48. The van der Waals surface area contributed by atoms with Crippen LogP contribution in [-0.2, 0) is 11.3 Å². The zero-order valence-corrected chi connectivity index (χ0v) is 14.2. The molecule has 1 unspecified atom stereocenters. The number of halogens is 1. The fourth-order valence-corrected chi connectivity index (χ4v) is 3.65. The molecule has 0 aliphatic carbocycles. The molecule has 1 amide bonds. The second kappa shape index (κ2) is 6.78. The molecule has 0 bridgehead atoms. The quantitative estimate of drug-likeness (QED) is 0.881. The normalized spacial score (nSPS) is 22.2. The van der Waals surface area contributed by atoms with Crippen molar-refractivity contribution < 1.29 is 9.18 Å². The standard InChI is InChI=1S/C19H23FN4O/c20-16-5-2-14(3-6-16)10-22-19(25)15-4-7-17-12-23-9-1-8-21-18(23)13-24(17)11-15/h2-3,5-6,11,13,17,21H,1,4,7-10,12H2,(H,22,25). The zero-order chi connectivity index (χ0) is 17.2. The van der Waals surface area contributed by atoms with E-state index in [0.29, 0.717) is 12.6 Å². The smallest absolute Gasteiger partial charge is 0.248 e. The molecule has 3 heterocycles. The van der Waals surface area contributed by atoms with Crippen LogP contribution in [0.5, 0.6) is 0 Å². The van der Waals surface area contributed by atoms with E-state index in [-0.39, 0.29) is 11.7 Å². The van der Waals surface area contributed by atoms with Crippen LogP contribution in [0.1, 0.15) is 24.8 Å². The molecule has 132 valence electrons. The third-order valence-corrected chi connectivity index (χ3v) is 5.09. The summed E-state index contributed by atoms with van der Waals surface area (Å²) in [7, 11) is 0. The SMILES string of the molecule is O=C(NCc1ccc(F)cc1)C1=CN2C=C3NCCCN3CC2CC1. The van der Waals surface area contributed by atoms with E-state index < -0.39 is 0 Å². The summed E-state index contributed by atoms with van der Waals surface area (Å²) in [6.45, 7) is 3.55. The van der Waals surface area contributed by atoms with Gasteiger partial charge in [-0.15, -0.1) is 0 Å². The Morgan fingerprint density at radius 3 is 2.96 bits per heavy atom. The number of hydrogen-bond donors (Lipinski definition) is 2. The third-order valence-electron chi connectivity index (χ3n) is 5.09. The number of rotatable bonds is 3. The molecular formula is C19H23FN4O. The number of hydrogen-bond acceptors (Lipinski definition) is 4. The summed E-state index contributed by atoms with van der Waals surface area (Å²) in [5.74, 6) is 0.853. The van der Waals surface area contributed by atoms with Gasteiger partial charge in [0.25, 0.3) is 0 Å². The highest BCUT2D eigenvalue weighted by molar-refractivity contribution is 5.93. The van der Waals surface area contributed by atoms with Gasteiger partial charge in [-0.25, -0.2) is 4.39 Å². The Morgan fingerprint density at radius 2 is 2.12 bits per heavy atom. The Balaban J connectivity index is 1.41. The van der Waals surface area contributed by atoms with Gasteiger partial charge in [0.15, 0.2) is 0 Å². The Kier molecular flexibility index (Phi) is 4.34. The van der Waals surface area contributed by atoms with Crippen molar-refractivity contribution in [1.82, 2.24) is 20.4 Å². The molecule has 0 saturated carbocycles. The van der Waals surface area contributed by atoms with Crippen molar-refractivity contribution in [2.24, 2.45) is 0 Å². The molecule has 0 radical (unpaired) electrons. The molecular weight excluding hydrogens is 319 g/mol. The highest BCUT2D eigenvalue weighted by atomic mass is 19.1. The van der Waals surface area contributed by atoms with Crippen LogP contribution in [0.3, 0.4) is 0 Å². The predicted octanol–water partition coefficient (Wildman–Crippen LogP) is 1.90. The number of carbonyl (C=O) groups excluding carboxylic acids is 1. The number of carbonyl (C=O) groups is 1. The van der Waals surface area contributed by atoms with E-state index in [1.807, 2.05) is 6.20 Å². The van der Waals surface area contributed by atoms with Crippen LogP contribution in [0.15, 0.2) is 48.1 Å². The van der Waals surface area contributed by atoms with Crippen molar-refractivity contribution in [1.29, 1.82) is 0 Å². The van der Waals surface area contributed by atoms with Crippen molar-refractivity contribution in [2.45, 2.75) is 31.8 Å². The van der Waals surface area contributed by atoms with Gasteiger partial charge in [-0.3, -0.25) is 4.79 Å². The van der Waals surface area contributed by atoms with Crippen LogP contribution in [0.25, 0.3) is 0 Å². The summed E-state index contributed by atoms with van der Waals surface area (Å²) in [4.78, 5) is 17.1. The van der Waals surface area contributed by atoms with Crippen molar-refractivity contribution in [3.8, 4) is 0 Å². The van der Waals surface area contributed by atoms with Crippen molar-refractivity contribution in [3.63, 3.8) is 0 Å². The van der Waals surface area contributed by atoms with Crippen molar-refractivity contribution >= 4 is 5.91 Å². The molecule has 1 aromatic rings. The summed E-state index contributed by atoms with van der Waals surface area (Å²) in [5, 5.41) is 6.37. The molecule has 0 spiro atoms.